The standard InChI is InChI=1S/C25H19F3N2O4/c1-15-6-3-4-9-20(15)30-23(31)21(16-10-12-18(33-2)13-11-16)22(24(30)32)29-17-7-5-8-19(14-17)34-25(26,27)28/h3-14,29H,1-2H3. The van der Waals surface area contributed by atoms with Crippen molar-refractivity contribution in [3.63, 3.8) is 0 Å². The van der Waals surface area contributed by atoms with Gasteiger partial charge in [0, 0.05) is 11.8 Å². The van der Waals surface area contributed by atoms with E-state index < -0.39 is 23.9 Å². The van der Waals surface area contributed by atoms with Crippen LogP contribution in [0.15, 0.2) is 78.5 Å². The molecule has 1 aliphatic rings. The lowest BCUT2D eigenvalue weighted by atomic mass is 10.0. The molecule has 9 heteroatoms. The zero-order valence-corrected chi connectivity index (χ0v) is 18.1. The number of aryl methyl sites for hydroxylation is 1. The van der Waals surface area contributed by atoms with Gasteiger partial charge in [-0.2, -0.15) is 0 Å². The average Bonchev–Trinajstić information content (AvgIpc) is 3.03. The molecule has 0 radical (unpaired) electrons. The van der Waals surface area contributed by atoms with Crippen LogP contribution in [0.25, 0.3) is 5.57 Å². The van der Waals surface area contributed by atoms with Gasteiger partial charge in [0.25, 0.3) is 11.8 Å². The fourth-order valence-electron chi connectivity index (χ4n) is 3.62. The van der Waals surface area contributed by atoms with Crippen molar-refractivity contribution in [2.24, 2.45) is 0 Å². The number of carbonyl (C=O) groups excluding carboxylic acids is 2. The van der Waals surface area contributed by atoms with Crippen LogP contribution >= 0.6 is 0 Å². The zero-order chi connectivity index (χ0) is 24.5. The summed E-state index contributed by atoms with van der Waals surface area (Å²) in [5.74, 6) is -1.10. The molecule has 0 aromatic heterocycles. The first-order valence-corrected chi connectivity index (χ1v) is 10.1. The van der Waals surface area contributed by atoms with Crippen LogP contribution in [0.5, 0.6) is 11.5 Å². The van der Waals surface area contributed by atoms with Crippen LogP contribution < -0.4 is 19.7 Å². The number of ether oxygens (including phenoxy) is 2. The molecule has 0 unspecified atom stereocenters. The van der Waals surface area contributed by atoms with Gasteiger partial charge >= 0.3 is 6.36 Å². The summed E-state index contributed by atoms with van der Waals surface area (Å²) < 4.78 is 47.1. The molecule has 0 saturated heterocycles. The maximum atomic E-state index is 13.5. The van der Waals surface area contributed by atoms with Crippen LogP contribution in [0.1, 0.15) is 11.1 Å². The van der Waals surface area contributed by atoms with Crippen molar-refractivity contribution in [3.8, 4) is 11.5 Å². The van der Waals surface area contributed by atoms with E-state index in [9.17, 15) is 22.8 Å². The van der Waals surface area contributed by atoms with E-state index in [0.717, 1.165) is 17.0 Å². The number of alkyl halides is 3. The largest absolute Gasteiger partial charge is 0.573 e. The van der Waals surface area contributed by atoms with Crippen molar-refractivity contribution in [2.75, 3.05) is 17.3 Å². The molecule has 4 rings (SSSR count). The number of hydrogen-bond donors (Lipinski definition) is 1. The van der Waals surface area contributed by atoms with Gasteiger partial charge in [0.2, 0.25) is 0 Å². The van der Waals surface area contributed by atoms with E-state index in [1.165, 1.54) is 19.2 Å². The smallest absolute Gasteiger partial charge is 0.497 e. The molecule has 1 aliphatic heterocycles. The summed E-state index contributed by atoms with van der Waals surface area (Å²) in [4.78, 5) is 28.0. The summed E-state index contributed by atoms with van der Waals surface area (Å²) in [5.41, 5.74) is 1.73. The Bertz CT molecular complexity index is 1280. The molecule has 3 aromatic carbocycles. The monoisotopic (exact) mass is 468 g/mol. The van der Waals surface area contributed by atoms with Crippen molar-refractivity contribution >= 4 is 28.8 Å². The molecular formula is C25H19F3N2O4. The maximum absolute atomic E-state index is 13.5. The Morgan fingerprint density at radius 2 is 1.56 bits per heavy atom. The second kappa shape index (κ2) is 8.93. The van der Waals surface area contributed by atoms with Gasteiger partial charge in [-0.1, -0.05) is 36.4 Å². The van der Waals surface area contributed by atoms with E-state index in [0.29, 0.717) is 22.6 Å². The third-order valence-electron chi connectivity index (χ3n) is 5.16. The number of anilines is 2. The Labute approximate surface area is 193 Å². The molecule has 0 bridgehead atoms. The Kier molecular flexibility index (Phi) is 6.02. The average molecular weight is 468 g/mol. The third kappa shape index (κ3) is 4.59. The quantitative estimate of drug-likeness (QED) is 0.498. The molecular weight excluding hydrogens is 449 g/mol. The number of para-hydroxylation sites is 1. The highest BCUT2D eigenvalue weighted by atomic mass is 19.4. The Balaban J connectivity index is 1.78. The van der Waals surface area contributed by atoms with Crippen molar-refractivity contribution in [1.29, 1.82) is 0 Å². The van der Waals surface area contributed by atoms with E-state index in [1.807, 2.05) is 0 Å². The van der Waals surface area contributed by atoms with Gasteiger partial charge in [-0.3, -0.25) is 9.59 Å². The van der Waals surface area contributed by atoms with Crippen LogP contribution in [0.4, 0.5) is 24.5 Å². The first-order valence-electron chi connectivity index (χ1n) is 10.1. The van der Waals surface area contributed by atoms with Gasteiger partial charge in [-0.25, -0.2) is 4.90 Å². The van der Waals surface area contributed by atoms with Crippen molar-refractivity contribution in [1.82, 2.24) is 0 Å². The van der Waals surface area contributed by atoms with Crippen LogP contribution in [0, 0.1) is 6.92 Å². The number of nitrogens with zero attached hydrogens (tertiary/aromatic N) is 1. The second-order valence-corrected chi connectivity index (χ2v) is 7.41. The van der Waals surface area contributed by atoms with Crippen LogP contribution in [-0.2, 0) is 9.59 Å². The number of rotatable bonds is 6. The highest BCUT2D eigenvalue weighted by Gasteiger charge is 2.41. The van der Waals surface area contributed by atoms with Gasteiger partial charge in [0.05, 0.1) is 18.4 Å². The molecule has 0 atom stereocenters. The Hall–Kier alpha value is -4.27. The second-order valence-electron chi connectivity index (χ2n) is 7.41. The Morgan fingerprint density at radius 1 is 0.853 bits per heavy atom. The predicted molar refractivity (Wildman–Crippen MR) is 120 cm³/mol. The summed E-state index contributed by atoms with van der Waals surface area (Å²) in [5, 5.41) is 2.83. The highest BCUT2D eigenvalue weighted by molar-refractivity contribution is 6.46. The molecule has 1 heterocycles. The number of nitrogens with one attached hydrogen (secondary N) is 1. The normalized spacial score (nSPS) is 14.0. The number of carbonyl (C=O) groups is 2. The predicted octanol–water partition coefficient (Wildman–Crippen LogP) is 5.30. The number of hydrogen-bond acceptors (Lipinski definition) is 5. The first-order chi connectivity index (χ1) is 16.2. The Morgan fingerprint density at radius 3 is 2.21 bits per heavy atom. The van der Waals surface area contributed by atoms with Gasteiger partial charge in [-0.05, 0) is 48.4 Å². The minimum absolute atomic E-state index is 0.0671. The summed E-state index contributed by atoms with van der Waals surface area (Å²) in [6, 6.07) is 18.5. The lowest BCUT2D eigenvalue weighted by Gasteiger charge is -2.17. The third-order valence-corrected chi connectivity index (χ3v) is 5.16. The summed E-state index contributed by atoms with van der Waals surface area (Å²) in [6.45, 7) is 1.77. The molecule has 6 nitrogen and oxygen atoms in total. The molecule has 2 amide bonds. The van der Waals surface area contributed by atoms with Gasteiger partial charge in [0.15, 0.2) is 0 Å². The fraction of sp³-hybridized carbons (Fsp3) is 0.120. The lowest BCUT2D eigenvalue weighted by Crippen LogP contribution is -2.33. The number of imide groups is 1. The number of amides is 2. The lowest BCUT2D eigenvalue weighted by molar-refractivity contribution is -0.274. The number of halogens is 3. The molecule has 1 N–H and O–H groups in total. The molecule has 34 heavy (non-hydrogen) atoms. The van der Waals surface area contributed by atoms with Gasteiger partial charge in [0.1, 0.15) is 17.2 Å². The first kappa shape index (κ1) is 22.9. The van der Waals surface area contributed by atoms with Gasteiger partial charge < -0.3 is 14.8 Å². The van der Waals surface area contributed by atoms with E-state index in [2.05, 4.69) is 10.1 Å². The van der Waals surface area contributed by atoms with Crippen molar-refractivity contribution in [2.45, 2.75) is 13.3 Å². The maximum Gasteiger partial charge on any atom is 0.573 e. The van der Waals surface area contributed by atoms with E-state index in [1.54, 1.807) is 55.5 Å². The molecule has 0 fully saturated rings. The number of benzene rings is 3. The van der Waals surface area contributed by atoms with E-state index in [4.69, 9.17) is 4.74 Å². The molecule has 174 valence electrons. The van der Waals surface area contributed by atoms with Crippen molar-refractivity contribution < 1.29 is 32.2 Å². The molecule has 0 aliphatic carbocycles. The molecule has 0 saturated carbocycles. The van der Waals surface area contributed by atoms with E-state index in [-0.39, 0.29) is 17.0 Å². The topological polar surface area (TPSA) is 67.9 Å². The highest BCUT2D eigenvalue weighted by Crippen LogP contribution is 2.36. The van der Waals surface area contributed by atoms with E-state index >= 15 is 0 Å². The minimum Gasteiger partial charge on any atom is -0.497 e. The summed E-state index contributed by atoms with van der Waals surface area (Å²) >= 11 is 0. The SMILES string of the molecule is COc1ccc(C2=C(Nc3cccc(OC(F)(F)F)c3)C(=O)N(c3ccccc3C)C2=O)cc1. The van der Waals surface area contributed by atoms with Crippen LogP contribution in [-0.4, -0.2) is 25.3 Å². The minimum atomic E-state index is -4.87. The molecule has 3 aromatic rings. The zero-order valence-electron chi connectivity index (χ0n) is 18.1. The summed E-state index contributed by atoms with van der Waals surface area (Å²) in [6.07, 6.45) is -4.87. The number of methoxy groups -OCH3 is 1. The van der Waals surface area contributed by atoms with Crippen LogP contribution in [0.2, 0.25) is 0 Å². The summed E-state index contributed by atoms with van der Waals surface area (Å²) in [7, 11) is 1.50. The van der Waals surface area contributed by atoms with Gasteiger partial charge in [-0.15, -0.1) is 13.2 Å². The fourth-order valence-corrected chi connectivity index (χ4v) is 3.62. The van der Waals surface area contributed by atoms with Crippen LogP contribution in [0.3, 0.4) is 0 Å². The molecule has 0 spiro atoms. The van der Waals surface area contributed by atoms with Crippen molar-refractivity contribution in [3.05, 3.63) is 89.6 Å².